The summed E-state index contributed by atoms with van der Waals surface area (Å²) in [5.41, 5.74) is 0. The number of unbranched alkanes of at least 4 members (excludes halogenated alkanes) is 12. The summed E-state index contributed by atoms with van der Waals surface area (Å²) in [5.74, 6) is -0.0205. The molecule has 0 amide bonds. The predicted octanol–water partition coefficient (Wildman–Crippen LogP) is 6.50. The highest BCUT2D eigenvalue weighted by molar-refractivity contribution is 7.81. The van der Waals surface area contributed by atoms with Crippen molar-refractivity contribution < 1.29 is 9.53 Å². The molecule has 0 heterocycles. The summed E-state index contributed by atoms with van der Waals surface area (Å²) < 4.78 is 4.99. The number of ether oxygens (including phenoxy) is 1. The second-order valence-electron chi connectivity index (χ2n) is 6.32. The van der Waals surface area contributed by atoms with E-state index in [1.807, 2.05) is 0 Å². The van der Waals surface area contributed by atoms with E-state index in [2.05, 4.69) is 31.7 Å². The number of esters is 1. The van der Waals surface area contributed by atoms with Crippen LogP contribution in [0.5, 0.6) is 0 Å². The molecule has 0 aromatic rings. The van der Waals surface area contributed by atoms with Gasteiger partial charge in [-0.3, -0.25) is 4.79 Å². The van der Waals surface area contributed by atoms with Crippen LogP contribution < -0.4 is 0 Å². The van der Waals surface area contributed by atoms with Gasteiger partial charge in [-0.25, -0.2) is 0 Å². The molecule has 0 N–H and O–H groups in total. The van der Waals surface area contributed by atoms with Crippen LogP contribution in [0.2, 0.25) is 0 Å². The Morgan fingerprint density at radius 3 is 1.78 bits per heavy atom. The van der Waals surface area contributed by atoms with E-state index in [-0.39, 0.29) is 11.7 Å². The van der Waals surface area contributed by atoms with Crippen LogP contribution in [0.3, 0.4) is 0 Å². The third kappa shape index (κ3) is 19.5. The number of hydrogen-bond donors (Lipinski definition) is 1. The number of rotatable bonds is 17. The summed E-state index contributed by atoms with van der Waals surface area (Å²) in [6, 6.07) is 0. The molecule has 0 spiro atoms. The molecule has 0 radical (unpaired) electrons. The maximum atomic E-state index is 10.9. The number of carbonyl (C=O) groups excluding carboxylic acids is 1. The largest absolute Gasteiger partial charge is 0.465 e. The summed E-state index contributed by atoms with van der Waals surface area (Å²) in [5, 5.41) is 0. The van der Waals surface area contributed by atoms with Gasteiger partial charge in [0.15, 0.2) is 0 Å². The van der Waals surface area contributed by atoms with Crippen LogP contribution in [0.1, 0.15) is 96.8 Å². The summed E-state index contributed by atoms with van der Waals surface area (Å²) in [4.78, 5) is 10.9. The Bertz CT molecular complexity index is 277. The molecule has 0 aromatic carbocycles. The first kappa shape index (κ1) is 22.6. The van der Waals surface area contributed by atoms with Crippen molar-refractivity contribution in [1.29, 1.82) is 0 Å². The van der Waals surface area contributed by atoms with Crippen molar-refractivity contribution in [3.05, 3.63) is 12.2 Å². The Hall–Kier alpha value is -0.440. The highest BCUT2D eigenvalue weighted by Crippen LogP contribution is 2.10. The monoisotopic (exact) mass is 342 g/mol. The molecule has 23 heavy (non-hydrogen) atoms. The molecule has 0 aliphatic carbocycles. The Labute approximate surface area is 149 Å². The molecule has 0 unspecified atom stereocenters. The van der Waals surface area contributed by atoms with Gasteiger partial charge < -0.3 is 4.74 Å². The smallest absolute Gasteiger partial charge is 0.315 e. The number of thiol groups is 1. The van der Waals surface area contributed by atoms with E-state index in [0.717, 1.165) is 12.8 Å². The first-order valence-corrected chi connectivity index (χ1v) is 10.4. The molecule has 0 fully saturated rings. The van der Waals surface area contributed by atoms with Crippen molar-refractivity contribution in [2.24, 2.45) is 0 Å². The average Bonchev–Trinajstić information content (AvgIpc) is 2.57. The second-order valence-corrected chi connectivity index (χ2v) is 6.63. The first-order valence-electron chi connectivity index (χ1n) is 9.72. The van der Waals surface area contributed by atoms with Crippen LogP contribution in [0, 0.1) is 0 Å². The highest BCUT2D eigenvalue weighted by Gasteiger charge is 1.97. The molecule has 136 valence electrons. The Morgan fingerprint density at radius 1 is 0.783 bits per heavy atom. The van der Waals surface area contributed by atoms with Crippen molar-refractivity contribution in [2.45, 2.75) is 96.8 Å². The molecule has 0 aliphatic heterocycles. The molecule has 0 atom stereocenters. The number of allylic oxidation sites excluding steroid dienone is 2. The van der Waals surface area contributed by atoms with Crippen LogP contribution >= 0.6 is 12.6 Å². The van der Waals surface area contributed by atoms with Gasteiger partial charge in [0.2, 0.25) is 0 Å². The quantitative estimate of drug-likeness (QED) is 0.141. The van der Waals surface area contributed by atoms with Crippen LogP contribution in [0.4, 0.5) is 0 Å². The average molecular weight is 343 g/mol. The lowest BCUT2D eigenvalue weighted by Gasteiger charge is -2.03. The fourth-order valence-electron chi connectivity index (χ4n) is 2.58. The van der Waals surface area contributed by atoms with E-state index in [4.69, 9.17) is 4.74 Å². The minimum atomic E-state index is -0.207. The highest BCUT2D eigenvalue weighted by atomic mass is 32.1. The van der Waals surface area contributed by atoms with Gasteiger partial charge in [0.25, 0.3) is 0 Å². The van der Waals surface area contributed by atoms with Gasteiger partial charge in [0.05, 0.1) is 12.4 Å². The van der Waals surface area contributed by atoms with Crippen LogP contribution in [0.25, 0.3) is 0 Å². The summed E-state index contributed by atoms with van der Waals surface area (Å²) >= 11 is 3.87. The van der Waals surface area contributed by atoms with E-state index >= 15 is 0 Å². The minimum absolute atomic E-state index is 0.187. The van der Waals surface area contributed by atoms with E-state index in [1.54, 1.807) is 0 Å². The lowest BCUT2D eigenvalue weighted by Crippen LogP contribution is -2.06. The van der Waals surface area contributed by atoms with Gasteiger partial charge in [-0.2, -0.15) is 12.6 Å². The summed E-state index contributed by atoms with van der Waals surface area (Å²) in [6.45, 7) is 2.82. The van der Waals surface area contributed by atoms with Crippen molar-refractivity contribution in [1.82, 2.24) is 0 Å². The van der Waals surface area contributed by atoms with Gasteiger partial charge in [-0.1, -0.05) is 76.9 Å². The Kier molecular flexibility index (Phi) is 19.2. The van der Waals surface area contributed by atoms with Gasteiger partial charge in [0.1, 0.15) is 0 Å². The lowest BCUT2D eigenvalue weighted by atomic mass is 10.1. The molecule has 0 aliphatic rings. The van der Waals surface area contributed by atoms with E-state index in [9.17, 15) is 4.79 Å². The number of hydrogen-bond acceptors (Lipinski definition) is 3. The zero-order valence-electron chi connectivity index (χ0n) is 15.2. The molecule has 0 bridgehead atoms. The topological polar surface area (TPSA) is 26.3 Å². The van der Waals surface area contributed by atoms with E-state index in [1.165, 1.54) is 77.0 Å². The first-order chi connectivity index (χ1) is 11.3. The molecule has 2 nitrogen and oxygen atoms in total. The molecule has 0 rings (SSSR count). The molecular weight excluding hydrogens is 304 g/mol. The summed E-state index contributed by atoms with van der Waals surface area (Å²) in [7, 11) is 0. The zero-order valence-corrected chi connectivity index (χ0v) is 16.1. The third-order valence-corrected chi connectivity index (χ3v) is 4.31. The summed E-state index contributed by atoms with van der Waals surface area (Å²) in [6.07, 6.45) is 22.9. The maximum Gasteiger partial charge on any atom is 0.315 e. The predicted molar refractivity (Wildman–Crippen MR) is 104 cm³/mol. The van der Waals surface area contributed by atoms with Crippen molar-refractivity contribution in [3.8, 4) is 0 Å². The normalized spacial score (nSPS) is 11.2. The van der Waals surface area contributed by atoms with Crippen molar-refractivity contribution in [3.63, 3.8) is 0 Å². The van der Waals surface area contributed by atoms with Gasteiger partial charge in [-0.05, 0) is 32.1 Å². The van der Waals surface area contributed by atoms with Gasteiger partial charge >= 0.3 is 5.97 Å². The SMILES string of the molecule is CCCCCCCC/C=C\CCCCCCCCOC(=O)CS. The molecule has 0 aromatic heterocycles. The van der Waals surface area contributed by atoms with Gasteiger partial charge in [-0.15, -0.1) is 0 Å². The molecule has 3 heteroatoms. The van der Waals surface area contributed by atoms with Gasteiger partial charge in [0, 0.05) is 0 Å². The second kappa shape index (κ2) is 19.6. The Balaban J connectivity index is 3.09. The van der Waals surface area contributed by atoms with Crippen LogP contribution in [-0.2, 0) is 9.53 Å². The molecule has 0 saturated carbocycles. The minimum Gasteiger partial charge on any atom is -0.465 e. The van der Waals surface area contributed by atoms with Crippen LogP contribution in [0.15, 0.2) is 12.2 Å². The zero-order chi connectivity index (χ0) is 17.0. The maximum absolute atomic E-state index is 10.9. The van der Waals surface area contributed by atoms with Crippen LogP contribution in [-0.4, -0.2) is 18.3 Å². The third-order valence-electron chi connectivity index (χ3n) is 4.05. The van der Waals surface area contributed by atoms with E-state index < -0.39 is 0 Å². The Morgan fingerprint density at radius 2 is 1.26 bits per heavy atom. The van der Waals surface area contributed by atoms with Crippen molar-refractivity contribution in [2.75, 3.05) is 12.4 Å². The van der Waals surface area contributed by atoms with Crippen molar-refractivity contribution >= 4 is 18.6 Å². The fourth-order valence-corrected chi connectivity index (χ4v) is 2.67. The standard InChI is InChI=1S/C20H38O2S/c1-2-3-4-5-6-7-8-9-10-11-12-13-14-15-16-17-18-22-20(21)19-23/h9-10,23H,2-8,11-19H2,1H3/b10-9-. The molecule has 0 saturated heterocycles. The number of carbonyl (C=O) groups is 1. The lowest BCUT2D eigenvalue weighted by molar-refractivity contribution is -0.140. The fraction of sp³-hybridized carbons (Fsp3) is 0.850. The molecular formula is C20H38O2S. The van der Waals surface area contributed by atoms with E-state index in [0.29, 0.717) is 6.61 Å².